The number of imide groups is 1. The van der Waals surface area contributed by atoms with Crippen LogP contribution in [0.4, 0.5) is 4.79 Å². The third kappa shape index (κ3) is 4.66. The zero-order valence-corrected chi connectivity index (χ0v) is 19.0. The fraction of sp³-hybridized carbons (Fsp3) is 0.542. The van der Waals surface area contributed by atoms with Crippen molar-refractivity contribution < 1.29 is 9.59 Å². The Morgan fingerprint density at radius 2 is 1.90 bits per heavy atom. The average Bonchev–Trinajstić information content (AvgIpc) is 3.18. The van der Waals surface area contributed by atoms with Gasteiger partial charge in [0.15, 0.2) is 0 Å². The van der Waals surface area contributed by atoms with Crippen LogP contribution in [-0.4, -0.2) is 50.8 Å². The fourth-order valence-corrected chi connectivity index (χ4v) is 5.58. The van der Waals surface area contributed by atoms with Crippen molar-refractivity contribution in [3.63, 3.8) is 0 Å². The van der Waals surface area contributed by atoms with E-state index >= 15 is 0 Å². The summed E-state index contributed by atoms with van der Waals surface area (Å²) in [7, 11) is 1.92. The summed E-state index contributed by atoms with van der Waals surface area (Å²) in [6.07, 6.45) is 6.35. The molecule has 2 aromatic rings. The summed E-state index contributed by atoms with van der Waals surface area (Å²) in [4.78, 5) is 29.4. The number of urea groups is 1. The molecule has 31 heavy (non-hydrogen) atoms. The van der Waals surface area contributed by atoms with Crippen LogP contribution in [0.15, 0.2) is 42.7 Å². The van der Waals surface area contributed by atoms with E-state index in [-0.39, 0.29) is 24.0 Å². The number of carbonyl (C=O) groups excluding carboxylic acids is 2. The molecule has 3 amide bonds. The molecular weight excluding hydrogens is 390 g/mol. The van der Waals surface area contributed by atoms with E-state index in [0.29, 0.717) is 31.8 Å². The molecule has 7 nitrogen and oxygen atoms in total. The summed E-state index contributed by atoms with van der Waals surface area (Å²) in [5.41, 5.74) is 1.53. The van der Waals surface area contributed by atoms with Gasteiger partial charge in [-0.25, -0.2) is 9.69 Å². The highest BCUT2D eigenvalue weighted by molar-refractivity contribution is 6.07. The van der Waals surface area contributed by atoms with Gasteiger partial charge in [0.05, 0.1) is 19.4 Å². The first-order chi connectivity index (χ1) is 14.7. The van der Waals surface area contributed by atoms with E-state index < -0.39 is 5.54 Å². The van der Waals surface area contributed by atoms with Crippen molar-refractivity contribution in [2.75, 3.05) is 13.7 Å². The molecule has 0 radical (unpaired) electrons. The van der Waals surface area contributed by atoms with Gasteiger partial charge < -0.3 is 5.32 Å². The topological polar surface area (TPSA) is 70.5 Å². The van der Waals surface area contributed by atoms with Crippen molar-refractivity contribution >= 4 is 11.9 Å². The molecule has 2 fully saturated rings. The van der Waals surface area contributed by atoms with E-state index in [2.05, 4.69) is 43.3 Å². The van der Waals surface area contributed by atoms with Gasteiger partial charge >= 0.3 is 6.03 Å². The maximum atomic E-state index is 13.3. The number of carbonyl (C=O) groups is 2. The molecule has 1 spiro atoms. The van der Waals surface area contributed by atoms with Crippen LogP contribution < -0.4 is 5.32 Å². The molecule has 1 aromatic carbocycles. The third-order valence-electron chi connectivity index (χ3n) is 6.33. The van der Waals surface area contributed by atoms with E-state index in [1.165, 1.54) is 10.5 Å². The smallest absolute Gasteiger partial charge is 0.323 e. The second kappa shape index (κ2) is 8.11. The van der Waals surface area contributed by atoms with Gasteiger partial charge in [-0.3, -0.25) is 14.4 Å². The van der Waals surface area contributed by atoms with Crippen LogP contribution in [0.2, 0.25) is 0 Å². The molecule has 166 valence electrons. The largest absolute Gasteiger partial charge is 0.326 e. The van der Waals surface area contributed by atoms with Crippen LogP contribution in [0.1, 0.15) is 51.2 Å². The van der Waals surface area contributed by atoms with Gasteiger partial charge in [0.25, 0.3) is 5.91 Å². The zero-order valence-electron chi connectivity index (χ0n) is 19.0. The Morgan fingerprint density at radius 1 is 1.16 bits per heavy atom. The summed E-state index contributed by atoms with van der Waals surface area (Å²) in [5, 5.41) is 7.50. The Hall–Kier alpha value is -2.67. The highest BCUT2D eigenvalue weighted by atomic mass is 16.2. The average molecular weight is 424 g/mol. The van der Waals surface area contributed by atoms with Crippen LogP contribution in [0.3, 0.4) is 0 Å². The minimum Gasteiger partial charge on any atom is -0.323 e. The number of rotatable bonds is 6. The van der Waals surface area contributed by atoms with E-state index in [4.69, 9.17) is 0 Å². The number of hydrogen-bond donors (Lipinski definition) is 1. The van der Waals surface area contributed by atoms with Crippen LogP contribution >= 0.6 is 0 Å². The van der Waals surface area contributed by atoms with Gasteiger partial charge in [-0.1, -0.05) is 51.1 Å². The first kappa shape index (κ1) is 21.6. The minimum atomic E-state index is -0.750. The van der Waals surface area contributed by atoms with Crippen molar-refractivity contribution in [2.24, 2.45) is 11.3 Å². The number of hydrogen-bond acceptors (Lipinski definition) is 4. The molecule has 2 atom stereocenters. The molecule has 7 heteroatoms. The quantitative estimate of drug-likeness (QED) is 0.723. The Labute approximate surface area is 184 Å². The standard InChI is InChI=1S/C24H33N5O2/c1-18-10-23(2,3)16-24(11-18)21(30)29(22(31)26-24)17-27(4)13-20-12-25-28(15-20)14-19-8-6-5-7-9-19/h5-9,12,15,18H,10-11,13-14,16-17H2,1-4H3,(H,26,31). The van der Waals surface area contributed by atoms with E-state index in [1.807, 2.05) is 47.2 Å². The number of amides is 3. The Bertz CT molecular complexity index is 954. The monoisotopic (exact) mass is 423 g/mol. The van der Waals surface area contributed by atoms with Gasteiger partial charge in [-0.15, -0.1) is 0 Å². The molecule has 1 saturated carbocycles. The van der Waals surface area contributed by atoms with Crippen LogP contribution in [0.25, 0.3) is 0 Å². The molecule has 2 heterocycles. The fourth-order valence-electron chi connectivity index (χ4n) is 5.58. The van der Waals surface area contributed by atoms with Crippen molar-refractivity contribution in [1.82, 2.24) is 24.9 Å². The molecule has 4 rings (SSSR count). The lowest BCUT2D eigenvalue weighted by atomic mass is 9.64. The Balaban J connectivity index is 1.38. The second-order valence-electron chi connectivity index (χ2n) is 10.3. The van der Waals surface area contributed by atoms with Gasteiger partial charge in [0, 0.05) is 18.3 Å². The molecule has 1 saturated heterocycles. The van der Waals surface area contributed by atoms with Crippen molar-refractivity contribution in [2.45, 2.75) is 58.7 Å². The SMILES string of the molecule is CC1CC(C)(C)CC2(C1)NC(=O)N(CN(C)Cc1cnn(Cc3ccccc3)c1)C2=O. The van der Waals surface area contributed by atoms with E-state index in [1.54, 1.807) is 0 Å². The summed E-state index contributed by atoms with van der Waals surface area (Å²) < 4.78 is 1.91. The lowest BCUT2D eigenvalue weighted by molar-refractivity contribution is -0.136. The van der Waals surface area contributed by atoms with Crippen molar-refractivity contribution in [3.8, 4) is 0 Å². The lowest BCUT2D eigenvalue weighted by Gasteiger charge is -2.43. The summed E-state index contributed by atoms with van der Waals surface area (Å²) in [5.74, 6) is 0.324. The van der Waals surface area contributed by atoms with Gasteiger partial charge in [-0.05, 0) is 43.2 Å². The van der Waals surface area contributed by atoms with Crippen LogP contribution in [0.5, 0.6) is 0 Å². The first-order valence-electron chi connectivity index (χ1n) is 11.0. The zero-order chi connectivity index (χ0) is 22.2. The molecule has 0 bridgehead atoms. The molecule has 1 aromatic heterocycles. The van der Waals surface area contributed by atoms with Gasteiger partial charge in [-0.2, -0.15) is 5.10 Å². The Kier molecular flexibility index (Phi) is 5.64. The van der Waals surface area contributed by atoms with Gasteiger partial charge in [0.2, 0.25) is 0 Å². The number of nitrogens with one attached hydrogen (secondary N) is 1. The normalized spacial score (nSPS) is 25.5. The van der Waals surface area contributed by atoms with Crippen molar-refractivity contribution in [3.05, 3.63) is 53.9 Å². The lowest BCUT2D eigenvalue weighted by Crippen LogP contribution is -2.54. The number of aromatic nitrogens is 2. The Morgan fingerprint density at radius 3 is 2.61 bits per heavy atom. The second-order valence-corrected chi connectivity index (χ2v) is 10.3. The van der Waals surface area contributed by atoms with Crippen LogP contribution in [-0.2, 0) is 17.9 Å². The molecule has 1 N–H and O–H groups in total. The molecule has 2 aliphatic rings. The van der Waals surface area contributed by atoms with Gasteiger partial charge in [0.1, 0.15) is 5.54 Å². The molecule has 2 unspecified atom stereocenters. The number of benzene rings is 1. The van der Waals surface area contributed by atoms with Crippen LogP contribution in [0, 0.1) is 11.3 Å². The van der Waals surface area contributed by atoms with E-state index in [0.717, 1.165) is 12.0 Å². The summed E-state index contributed by atoms with van der Waals surface area (Å²) in [6.45, 7) is 8.14. The number of nitrogens with zero attached hydrogens (tertiary/aromatic N) is 4. The summed E-state index contributed by atoms with van der Waals surface area (Å²) >= 11 is 0. The molecule has 1 aliphatic heterocycles. The van der Waals surface area contributed by atoms with Crippen molar-refractivity contribution in [1.29, 1.82) is 0 Å². The summed E-state index contributed by atoms with van der Waals surface area (Å²) in [6, 6.07) is 9.92. The minimum absolute atomic E-state index is 0.0376. The highest BCUT2D eigenvalue weighted by Gasteiger charge is 2.56. The predicted octanol–water partition coefficient (Wildman–Crippen LogP) is 3.46. The highest BCUT2D eigenvalue weighted by Crippen LogP contribution is 2.46. The predicted molar refractivity (Wildman–Crippen MR) is 119 cm³/mol. The third-order valence-corrected chi connectivity index (χ3v) is 6.33. The molecular formula is C24H33N5O2. The maximum Gasteiger partial charge on any atom is 0.326 e. The molecule has 1 aliphatic carbocycles. The van der Waals surface area contributed by atoms with E-state index in [9.17, 15) is 9.59 Å². The maximum absolute atomic E-state index is 13.3. The first-order valence-corrected chi connectivity index (χ1v) is 11.0.